The van der Waals surface area contributed by atoms with Crippen molar-refractivity contribution in [3.05, 3.63) is 17.8 Å². The number of nitrogens with zero attached hydrogens (tertiary/aromatic N) is 1. The van der Waals surface area contributed by atoms with Crippen molar-refractivity contribution < 1.29 is 4.42 Å². The maximum atomic E-state index is 5.61. The normalized spacial score (nSPS) is 21.8. The highest BCUT2D eigenvalue weighted by Crippen LogP contribution is 2.16. The Hall–Kier alpha value is -0.870. The third-order valence-electron chi connectivity index (χ3n) is 2.85. The van der Waals surface area contributed by atoms with Gasteiger partial charge < -0.3 is 15.5 Å². The number of hydrogen-bond donors (Lipinski definition) is 2. The second-order valence-electron chi connectivity index (χ2n) is 4.18. The molecule has 2 rings (SSSR count). The molecule has 4 nitrogen and oxygen atoms in total. The summed E-state index contributed by atoms with van der Waals surface area (Å²) in [6.07, 6.45) is 6.09. The summed E-state index contributed by atoms with van der Waals surface area (Å²) in [5.41, 5.74) is 5.46. The Morgan fingerprint density at radius 2 is 2.53 bits per heavy atom. The summed E-state index contributed by atoms with van der Waals surface area (Å²) in [5.74, 6) is 2.46. The van der Waals surface area contributed by atoms with E-state index in [0.717, 1.165) is 37.6 Å². The van der Waals surface area contributed by atoms with E-state index in [-0.39, 0.29) is 0 Å². The van der Waals surface area contributed by atoms with Crippen LogP contribution in [0.4, 0.5) is 0 Å². The van der Waals surface area contributed by atoms with Gasteiger partial charge >= 0.3 is 0 Å². The zero-order chi connectivity index (χ0) is 10.5. The molecule has 15 heavy (non-hydrogen) atoms. The molecule has 0 spiro atoms. The van der Waals surface area contributed by atoms with Gasteiger partial charge in [0.25, 0.3) is 0 Å². The number of aromatic nitrogens is 1. The Kier molecular flexibility index (Phi) is 3.75. The molecule has 1 saturated heterocycles. The van der Waals surface area contributed by atoms with E-state index >= 15 is 0 Å². The standard InChI is InChI=1S/C11H19N3O/c12-4-3-10-8-14-11(15-10)6-9-2-1-5-13-7-9/h8-9,13H,1-7,12H2. The van der Waals surface area contributed by atoms with Gasteiger partial charge in [0.2, 0.25) is 0 Å². The largest absolute Gasteiger partial charge is 0.446 e. The molecule has 1 atom stereocenters. The first-order valence-electron chi connectivity index (χ1n) is 5.73. The minimum Gasteiger partial charge on any atom is -0.446 e. The van der Waals surface area contributed by atoms with Gasteiger partial charge in [0, 0.05) is 12.8 Å². The lowest BCUT2D eigenvalue weighted by Crippen LogP contribution is -2.30. The predicted octanol–water partition coefficient (Wildman–Crippen LogP) is 0.718. The zero-order valence-corrected chi connectivity index (χ0v) is 9.04. The number of nitrogens with one attached hydrogen (secondary N) is 1. The lowest BCUT2D eigenvalue weighted by Gasteiger charge is -2.21. The Morgan fingerprint density at radius 1 is 1.60 bits per heavy atom. The van der Waals surface area contributed by atoms with Crippen LogP contribution in [0.5, 0.6) is 0 Å². The van der Waals surface area contributed by atoms with Crippen LogP contribution in [-0.4, -0.2) is 24.6 Å². The molecule has 0 aromatic carbocycles. The fourth-order valence-electron chi connectivity index (χ4n) is 2.05. The van der Waals surface area contributed by atoms with Crippen molar-refractivity contribution >= 4 is 0 Å². The Morgan fingerprint density at radius 3 is 3.27 bits per heavy atom. The van der Waals surface area contributed by atoms with Gasteiger partial charge in [-0.05, 0) is 38.4 Å². The molecule has 1 unspecified atom stereocenters. The van der Waals surface area contributed by atoms with Crippen LogP contribution in [0.2, 0.25) is 0 Å². The van der Waals surface area contributed by atoms with Crippen LogP contribution in [0.25, 0.3) is 0 Å². The maximum Gasteiger partial charge on any atom is 0.194 e. The van der Waals surface area contributed by atoms with Crippen LogP contribution in [-0.2, 0) is 12.8 Å². The fraction of sp³-hybridized carbons (Fsp3) is 0.727. The summed E-state index contributed by atoms with van der Waals surface area (Å²) < 4.78 is 5.61. The minimum absolute atomic E-state index is 0.625. The molecule has 0 aliphatic carbocycles. The molecule has 2 heterocycles. The molecule has 4 heteroatoms. The summed E-state index contributed by atoms with van der Waals surface area (Å²) in [5, 5.41) is 3.40. The predicted molar refractivity (Wildman–Crippen MR) is 58.6 cm³/mol. The second-order valence-corrected chi connectivity index (χ2v) is 4.18. The highest BCUT2D eigenvalue weighted by molar-refractivity contribution is 4.96. The monoisotopic (exact) mass is 209 g/mol. The Labute approximate surface area is 90.2 Å². The van der Waals surface area contributed by atoms with Gasteiger partial charge in [-0.1, -0.05) is 0 Å². The summed E-state index contributed by atoms with van der Waals surface area (Å²) in [4.78, 5) is 4.28. The SMILES string of the molecule is NCCc1cnc(CC2CCCNC2)o1. The second kappa shape index (κ2) is 5.28. The van der Waals surface area contributed by atoms with E-state index in [4.69, 9.17) is 10.2 Å². The van der Waals surface area contributed by atoms with Crippen molar-refractivity contribution in [3.63, 3.8) is 0 Å². The molecule has 3 N–H and O–H groups in total. The molecule has 0 amide bonds. The topological polar surface area (TPSA) is 64.1 Å². The molecular weight excluding hydrogens is 190 g/mol. The highest BCUT2D eigenvalue weighted by atomic mass is 16.4. The zero-order valence-electron chi connectivity index (χ0n) is 9.04. The van der Waals surface area contributed by atoms with Gasteiger partial charge in [-0.15, -0.1) is 0 Å². The fourth-order valence-corrected chi connectivity index (χ4v) is 2.05. The first-order chi connectivity index (χ1) is 7.38. The number of oxazole rings is 1. The van der Waals surface area contributed by atoms with Crippen molar-refractivity contribution in [3.8, 4) is 0 Å². The molecule has 1 fully saturated rings. The smallest absolute Gasteiger partial charge is 0.194 e. The number of piperidine rings is 1. The van der Waals surface area contributed by atoms with E-state index in [1.165, 1.54) is 12.8 Å². The molecule has 1 aromatic rings. The average molecular weight is 209 g/mol. The third kappa shape index (κ3) is 3.04. The van der Waals surface area contributed by atoms with Gasteiger partial charge in [-0.25, -0.2) is 4.98 Å². The van der Waals surface area contributed by atoms with E-state index in [1.54, 1.807) is 6.20 Å². The van der Waals surface area contributed by atoms with Crippen LogP contribution in [0.3, 0.4) is 0 Å². The van der Waals surface area contributed by atoms with E-state index in [9.17, 15) is 0 Å². The maximum absolute atomic E-state index is 5.61. The minimum atomic E-state index is 0.625. The molecule has 1 aromatic heterocycles. The summed E-state index contributed by atoms with van der Waals surface area (Å²) in [7, 11) is 0. The Balaban J connectivity index is 1.86. The average Bonchev–Trinajstić information content (AvgIpc) is 2.68. The van der Waals surface area contributed by atoms with E-state index in [2.05, 4.69) is 10.3 Å². The summed E-state index contributed by atoms with van der Waals surface area (Å²) in [6, 6.07) is 0. The molecular formula is C11H19N3O. The highest BCUT2D eigenvalue weighted by Gasteiger charge is 2.16. The first kappa shape index (κ1) is 10.6. The van der Waals surface area contributed by atoms with Crippen molar-refractivity contribution in [2.24, 2.45) is 11.7 Å². The van der Waals surface area contributed by atoms with Crippen LogP contribution in [0.15, 0.2) is 10.6 Å². The number of hydrogen-bond acceptors (Lipinski definition) is 4. The van der Waals surface area contributed by atoms with Gasteiger partial charge in [0.15, 0.2) is 5.89 Å². The van der Waals surface area contributed by atoms with Gasteiger partial charge in [0.05, 0.1) is 6.20 Å². The lowest BCUT2D eigenvalue weighted by molar-refractivity contribution is 0.339. The molecule has 1 aliphatic heterocycles. The first-order valence-corrected chi connectivity index (χ1v) is 5.73. The van der Waals surface area contributed by atoms with E-state index < -0.39 is 0 Å². The van der Waals surface area contributed by atoms with Gasteiger partial charge in [0.1, 0.15) is 5.76 Å². The van der Waals surface area contributed by atoms with Crippen LogP contribution < -0.4 is 11.1 Å². The summed E-state index contributed by atoms with van der Waals surface area (Å²) >= 11 is 0. The van der Waals surface area contributed by atoms with E-state index in [0.29, 0.717) is 12.5 Å². The lowest BCUT2D eigenvalue weighted by atomic mass is 9.96. The summed E-state index contributed by atoms with van der Waals surface area (Å²) in [6.45, 7) is 2.87. The number of nitrogens with two attached hydrogens (primary N) is 1. The Bertz CT molecular complexity index is 292. The molecule has 0 saturated carbocycles. The van der Waals surface area contributed by atoms with Gasteiger partial charge in [-0.2, -0.15) is 0 Å². The van der Waals surface area contributed by atoms with Crippen molar-refractivity contribution in [2.75, 3.05) is 19.6 Å². The molecule has 1 aliphatic rings. The molecule has 84 valence electrons. The molecule has 0 radical (unpaired) electrons. The van der Waals surface area contributed by atoms with Crippen molar-refractivity contribution in [1.29, 1.82) is 0 Å². The molecule has 0 bridgehead atoms. The quantitative estimate of drug-likeness (QED) is 0.767. The van der Waals surface area contributed by atoms with Crippen LogP contribution in [0.1, 0.15) is 24.5 Å². The van der Waals surface area contributed by atoms with Crippen molar-refractivity contribution in [2.45, 2.75) is 25.7 Å². The van der Waals surface area contributed by atoms with E-state index in [1.807, 2.05) is 0 Å². The van der Waals surface area contributed by atoms with Crippen molar-refractivity contribution in [1.82, 2.24) is 10.3 Å². The van der Waals surface area contributed by atoms with Crippen LogP contribution >= 0.6 is 0 Å². The third-order valence-corrected chi connectivity index (χ3v) is 2.85. The van der Waals surface area contributed by atoms with Gasteiger partial charge in [-0.3, -0.25) is 0 Å². The number of rotatable bonds is 4. The van der Waals surface area contributed by atoms with Crippen LogP contribution in [0, 0.1) is 5.92 Å².